The van der Waals surface area contributed by atoms with E-state index in [1.54, 1.807) is 12.1 Å². The first-order valence-corrected chi connectivity index (χ1v) is 9.88. The molecule has 2 aliphatic rings. The predicted molar refractivity (Wildman–Crippen MR) is 99.3 cm³/mol. The van der Waals surface area contributed by atoms with Gasteiger partial charge in [-0.1, -0.05) is 0 Å². The van der Waals surface area contributed by atoms with Gasteiger partial charge in [-0.05, 0) is 56.1 Å². The highest BCUT2D eigenvalue weighted by molar-refractivity contribution is 7.89. The average Bonchev–Trinajstić information content (AvgIpc) is 2.56. The summed E-state index contributed by atoms with van der Waals surface area (Å²) in [7, 11) is -3.61. The Balaban J connectivity index is 0.00000208. The van der Waals surface area contributed by atoms with E-state index in [1.165, 1.54) is 19.4 Å². The molecule has 6 nitrogen and oxygen atoms in total. The molecule has 24 heavy (non-hydrogen) atoms. The Morgan fingerprint density at radius 2 is 1.62 bits per heavy atom. The van der Waals surface area contributed by atoms with Gasteiger partial charge in [-0.2, -0.15) is 0 Å². The standard InChI is InChI=1S/C16H26N4O2S.ClH/c17-23(21,22)16-3-1-15(2-4-16)20-11-9-19(10-12-20)13-14-5-7-18-8-6-14;/h1-4,14,18H,5-13H2,(H2,17,21,22);1H. The van der Waals surface area contributed by atoms with Crippen LogP contribution in [0.4, 0.5) is 5.69 Å². The van der Waals surface area contributed by atoms with Gasteiger partial charge < -0.3 is 10.2 Å². The number of piperidine rings is 1. The van der Waals surface area contributed by atoms with Gasteiger partial charge in [0.05, 0.1) is 4.90 Å². The maximum Gasteiger partial charge on any atom is 0.238 e. The maximum absolute atomic E-state index is 11.3. The van der Waals surface area contributed by atoms with Gasteiger partial charge in [0.15, 0.2) is 0 Å². The summed E-state index contributed by atoms with van der Waals surface area (Å²) in [6.45, 7) is 7.63. The van der Waals surface area contributed by atoms with E-state index < -0.39 is 10.0 Å². The Bertz CT molecular complexity index is 609. The molecule has 0 saturated carbocycles. The van der Waals surface area contributed by atoms with Crippen LogP contribution in [0.1, 0.15) is 12.8 Å². The zero-order chi connectivity index (χ0) is 16.3. The van der Waals surface area contributed by atoms with Crippen molar-refractivity contribution in [3.05, 3.63) is 24.3 Å². The van der Waals surface area contributed by atoms with Crippen LogP contribution in [0.15, 0.2) is 29.2 Å². The molecule has 2 aliphatic heterocycles. The van der Waals surface area contributed by atoms with Crippen molar-refractivity contribution in [3.63, 3.8) is 0 Å². The van der Waals surface area contributed by atoms with Crippen LogP contribution in [-0.2, 0) is 10.0 Å². The topological polar surface area (TPSA) is 78.7 Å². The molecule has 3 N–H and O–H groups in total. The Hall–Kier alpha value is -0.860. The zero-order valence-corrected chi connectivity index (χ0v) is 15.5. The number of nitrogens with one attached hydrogen (secondary N) is 1. The van der Waals surface area contributed by atoms with Crippen molar-refractivity contribution in [3.8, 4) is 0 Å². The first-order valence-electron chi connectivity index (χ1n) is 8.33. The van der Waals surface area contributed by atoms with E-state index in [-0.39, 0.29) is 17.3 Å². The molecule has 1 aromatic rings. The number of hydrogen-bond donors (Lipinski definition) is 2. The number of halogens is 1. The second-order valence-electron chi connectivity index (χ2n) is 6.52. The lowest BCUT2D eigenvalue weighted by atomic mass is 9.97. The number of nitrogens with two attached hydrogens (primary N) is 1. The normalized spacial score (nSPS) is 20.6. The molecule has 0 spiro atoms. The molecule has 0 unspecified atom stereocenters. The number of sulfonamides is 1. The monoisotopic (exact) mass is 374 g/mol. The van der Waals surface area contributed by atoms with E-state index in [1.807, 2.05) is 12.1 Å². The molecule has 3 rings (SSSR count). The van der Waals surface area contributed by atoms with Crippen LogP contribution in [0.25, 0.3) is 0 Å². The Morgan fingerprint density at radius 3 is 2.17 bits per heavy atom. The highest BCUT2D eigenvalue weighted by Gasteiger charge is 2.21. The first-order chi connectivity index (χ1) is 11.0. The van der Waals surface area contributed by atoms with Gasteiger partial charge >= 0.3 is 0 Å². The van der Waals surface area contributed by atoms with Crippen LogP contribution >= 0.6 is 12.4 Å². The number of anilines is 1. The highest BCUT2D eigenvalue weighted by Crippen LogP contribution is 2.20. The van der Waals surface area contributed by atoms with Crippen molar-refractivity contribution >= 4 is 28.1 Å². The van der Waals surface area contributed by atoms with Gasteiger partial charge in [-0.25, -0.2) is 13.6 Å². The minimum absolute atomic E-state index is 0. The number of primary sulfonamides is 1. The van der Waals surface area contributed by atoms with Gasteiger partial charge in [-0.3, -0.25) is 4.90 Å². The lowest BCUT2D eigenvalue weighted by Crippen LogP contribution is -2.48. The molecule has 2 fully saturated rings. The van der Waals surface area contributed by atoms with E-state index >= 15 is 0 Å². The number of benzene rings is 1. The third-order valence-corrected chi connectivity index (χ3v) is 5.81. The third-order valence-electron chi connectivity index (χ3n) is 4.88. The summed E-state index contributed by atoms with van der Waals surface area (Å²) in [6.07, 6.45) is 2.57. The molecule has 2 heterocycles. The Morgan fingerprint density at radius 1 is 1.04 bits per heavy atom. The molecule has 0 atom stereocenters. The third kappa shape index (κ3) is 5.07. The smallest absolute Gasteiger partial charge is 0.238 e. The van der Waals surface area contributed by atoms with E-state index in [2.05, 4.69) is 15.1 Å². The van der Waals surface area contributed by atoms with Gasteiger partial charge in [0.25, 0.3) is 0 Å². The van der Waals surface area contributed by atoms with E-state index in [4.69, 9.17) is 5.14 Å². The van der Waals surface area contributed by atoms with Crippen LogP contribution in [0.3, 0.4) is 0 Å². The van der Waals surface area contributed by atoms with E-state index in [9.17, 15) is 8.42 Å². The summed E-state index contributed by atoms with van der Waals surface area (Å²) in [4.78, 5) is 5.04. The molecule has 136 valence electrons. The lowest BCUT2D eigenvalue weighted by Gasteiger charge is -2.38. The van der Waals surface area contributed by atoms with Gasteiger partial charge in [0, 0.05) is 38.4 Å². The quantitative estimate of drug-likeness (QED) is 0.817. The maximum atomic E-state index is 11.3. The van der Waals surface area contributed by atoms with Gasteiger partial charge in [-0.15, -0.1) is 12.4 Å². The first kappa shape index (κ1) is 19.5. The highest BCUT2D eigenvalue weighted by atomic mass is 35.5. The fraction of sp³-hybridized carbons (Fsp3) is 0.625. The fourth-order valence-electron chi connectivity index (χ4n) is 3.46. The molecule has 0 bridgehead atoms. The molecular formula is C16H27ClN4O2S. The van der Waals surface area contributed by atoms with Crippen molar-refractivity contribution in [2.45, 2.75) is 17.7 Å². The van der Waals surface area contributed by atoms with E-state index in [0.717, 1.165) is 50.9 Å². The summed E-state index contributed by atoms with van der Waals surface area (Å²) in [5, 5.41) is 8.56. The van der Waals surface area contributed by atoms with Crippen LogP contribution in [0.2, 0.25) is 0 Å². The zero-order valence-electron chi connectivity index (χ0n) is 13.9. The Kier molecular flexibility index (Phi) is 6.88. The Labute approximate surface area is 150 Å². The molecule has 1 aromatic carbocycles. The summed E-state index contributed by atoms with van der Waals surface area (Å²) in [6, 6.07) is 6.88. The molecule has 0 aromatic heterocycles. The minimum Gasteiger partial charge on any atom is -0.369 e. The van der Waals surface area contributed by atoms with E-state index in [0.29, 0.717) is 0 Å². The van der Waals surface area contributed by atoms with Crippen LogP contribution in [0, 0.1) is 5.92 Å². The summed E-state index contributed by atoms with van der Waals surface area (Å²) in [5.41, 5.74) is 1.07. The summed E-state index contributed by atoms with van der Waals surface area (Å²) < 4.78 is 22.6. The minimum atomic E-state index is -3.61. The number of piperazine rings is 1. The lowest BCUT2D eigenvalue weighted by molar-refractivity contribution is 0.196. The van der Waals surface area contributed by atoms with Crippen molar-refractivity contribution in [1.29, 1.82) is 0 Å². The molecule has 8 heteroatoms. The van der Waals surface area contributed by atoms with Crippen LogP contribution < -0.4 is 15.4 Å². The summed E-state index contributed by atoms with van der Waals surface area (Å²) >= 11 is 0. The molecule has 0 radical (unpaired) electrons. The predicted octanol–water partition coefficient (Wildman–Crippen LogP) is 0.877. The van der Waals surface area contributed by atoms with Crippen LogP contribution in [0.5, 0.6) is 0 Å². The molecular weight excluding hydrogens is 348 g/mol. The summed E-state index contributed by atoms with van der Waals surface area (Å²) in [5.74, 6) is 0.830. The van der Waals surface area contributed by atoms with Crippen molar-refractivity contribution in [2.75, 3.05) is 50.7 Å². The number of rotatable bonds is 4. The molecule has 0 aliphatic carbocycles. The van der Waals surface area contributed by atoms with Gasteiger partial charge in [0.1, 0.15) is 0 Å². The molecule has 0 amide bonds. The molecule has 2 saturated heterocycles. The van der Waals surface area contributed by atoms with Gasteiger partial charge in [0.2, 0.25) is 10.0 Å². The van der Waals surface area contributed by atoms with Crippen molar-refractivity contribution in [1.82, 2.24) is 10.2 Å². The fourth-order valence-corrected chi connectivity index (χ4v) is 3.98. The number of hydrogen-bond acceptors (Lipinski definition) is 5. The average molecular weight is 375 g/mol. The second-order valence-corrected chi connectivity index (χ2v) is 8.08. The largest absolute Gasteiger partial charge is 0.369 e. The second kappa shape index (κ2) is 8.49. The van der Waals surface area contributed by atoms with Crippen molar-refractivity contribution in [2.24, 2.45) is 11.1 Å². The van der Waals surface area contributed by atoms with Crippen LogP contribution in [-0.4, -0.2) is 59.1 Å². The SMILES string of the molecule is Cl.NS(=O)(=O)c1ccc(N2CCN(CC3CCNCC3)CC2)cc1. The number of nitrogens with zero attached hydrogens (tertiary/aromatic N) is 2. The van der Waals surface area contributed by atoms with Crippen molar-refractivity contribution < 1.29 is 8.42 Å².